The predicted molar refractivity (Wildman–Crippen MR) is 84.0 cm³/mol. The van der Waals surface area contributed by atoms with Gasteiger partial charge in [-0.15, -0.1) is 0 Å². The van der Waals surface area contributed by atoms with Crippen LogP contribution in [-0.4, -0.2) is 24.4 Å². The minimum absolute atomic E-state index is 0.279. The van der Waals surface area contributed by atoms with Crippen LogP contribution in [0.5, 0.6) is 5.75 Å². The molecule has 1 aromatic heterocycles. The minimum atomic E-state index is 0.279. The fourth-order valence-corrected chi connectivity index (χ4v) is 4.08. The molecule has 0 spiro atoms. The van der Waals surface area contributed by atoms with Crippen molar-refractivity contribution in [3.63, 3.8) is 0 Å². The number of oxazole rings is 1. The van der Waals surface area contributed by atoms with Crippen molar-refractivity contribution in [2.24, 2.45) is 0 Å². The zero-order valence-electron chi connectivity index (χ0n) is 12.6. The SMILES string of the molecule is CNC1c2cc(OC)ccc2CCC1Sc1nc(C)co1. The third-order valence-electron chi connectivity index (χ3n) is 3.92. The van der Waals surface area contributed by atoms with Gasteiger partial charge in [0.15, 0.2) is 0 Å². The monoisotopic (exact) mass is 304 g/mol. The molecule has 0 saturated heterocycles. The molecule has 0 fully saturated rings. The molecular weight excluding hydrogens is 284 g/mol. The average molecular weight is 304 g/mol. The lowest BCUT2D eigenvalue weighted by atomic mass is 9.87. The van der Waals surface area contributed by atoms with Gasteiger partial charge in [0.25, 0.3) is 5.22 Å². The molecule has 1 aliphatic carbocycles. The maximum atomic E-state index is 5.49. The number of ether oxygens (including phenoxy) is 1. The van der Waals surface area contributed by atoms with Gasteiger partial charge in [-0.05, 0) is 50.1 Å². The van der Waals surface area contributed by atoms with Crippen molar-refractivity contribution < 1.29 is 9.15 Å². The Balaban J connectivity index is 1.86. The number of nitrogens with one attached hydrogen (secondary N) is 1. The fourth-order valence-electron chi connectivity index (χ4n) is 2.87. The number of aryl methyl sites for hydroxylation is 2. The van der Waals surface area contributed by atoms with E-state index in [0.717, 1.165) is 29.5 Å². The fraction of sp³-hybridized carbons (Fsp3) is 0.438. The van der Waals surface area contributed by atoms with Crippen LogP contribution in [0.3, 0.4) is 0 Å². The molecule has 1 aliphatic rings. The third kappa shape index (κ3) is 2.94. The molecule has 1 N–H and O–H groups in total. The number of rotatable bonds is 4. The lowest BCUT2D eigenvalue weighted by molar-refractivity contribution is 0.411. The highest BCUT2D eigenvalue weighted by Crippen LogP contribution is 2.40. The topological polar surface area (TPSA) is 47.3 Å². The van der Waals surface area contributed by atoms with E-state index in [1.54, 1.807) is 25.1 Å². The zero-order valence-corrected chi connectivity index (χ0v) is 13.4. The van der Waals surface area contributed by atoms with E-state index in [-0.39, 0.29) is 6.04 Å². The quantitative estimate of drug-likeness (QED) is 0.938. The predicted octanol–water partition coefficient (Wildman–Crippen LogP) is 3.36. The number of nitrogens with zero attached hydrogens (tertiary/aromatic N) is 1. The Labute approximate surface area is 129 Å². The van der Waals surface area contributed by atoms with Gasteiger partial charge < -0.3 is 14.5 Å². The van der Waals surface area contributed by atoms with Gasteiger partial charge >= 0.3 is 0 Å². The highest BCUT2D eigenvalue weighted by molar-refractivity contribution is 7.99. The first-order valence-corrected chi connectivity index (χ1v) is 8.02. The van der Waals surface area contributed by atoms with Crippen LogP contribution < -0.4 is 10.1 Å². The first-order valence-electron chi connectivity index (χ1n) is 7.14. The molecule has 2 unspecified atom stereocenters. The second-order valence-electron chi connectivity index (χ2n) is 5.28. The highest BCUT2D eigenvalue weighted by Gasteiger charge is 2.30. The van der Waals surface area contributed by atoms with Gasteiger partial charge in [-0.3, -0.25) is 0 Å². The maximum Gasteiger partial charge on any atom is 0.256 e. The molecule has 0 radical (unpaired) electrons. The van der Waals surface area contributed by atoms with Gasteiger partial charge in [0.05, 0.1) is 12.8 Å². The van der Waals surface area contributed by atoms with Crippen LogP contribution in [0.15, 0.2) is 34.1 Å². The van der Waals surface area contributed by atoms with Gasteiger partial charge in [0, 0.05) is 11.3 Å². The summed E-state index contributed by atoms with van der Waals surface area (Å²) in [4.78, 5) is 4.41. The molecule has 4 nitrogen and oxygen atoms in total. The first kappa shape index (κ1) is 14.5. The Morgan fingerprint density at radius 2 is 2.29 bits per heavy atom. The van der Waals surface area contributed by atoms with Gasteiger partial charge in [-0.1, -0.05) is 17.8 Å². The van der Waals surface area contributed by atoms with Crippen LogP contribution in [0.25, 0.3) is 0 Å². The average Bonchev–Trinajstić information content (AvgIpc) is 2.91. The maximum absolute atomic E-state index is 5.49. The van der Waals surface area contributed by atoms with Crippen molar-refractivity contribution in [1.29, 1.82) is 0 Å². The van der Waals surface area contributed by atoms with Gasteiger partial charge in [0.1, 0.15) is 12.0 Å². The van der Waals surface area contributed by atoms with Crippen molar-refractivity contribution in [2.45, 2.75) is 36.3 Å². The summed E-state index contributed by atoms with van der Waals surface area (Å²) in [5.74, 6) is 0.909. The first-order chi connectivity index (χ1) is 10.2. The lowest BCUT2D eigenvalue weighted by Crippen LogP contribution is -2.32. The van der Waals surface area contributed by atoms with Crippen molar-refractivity contribution >= 4 is 11.8 Å². The van der Waals surface area contributed by atoms with E-state index in [1.165, 1.54) is 11.1 Å². The second kappa shape index (κ2) is 6.12. The molecule has 2 aromatic rings. The summed E-state index contributed by atoms with van der Waals surface area (Å²) in [6.45, 7) is 1.95. The number of hydrogen-bond acceptors (Lipinski definition) is 5. The summed E-state index contributed by atoms with van der Waals surface area (Å²) >= 11 is 1.71. The zero-order chi connectivity index (χ0) is 14.8. The van der Waals surface area contributed by atoms with Crippen LogP contribution in [0, 0.1) is 6.92 Å². The van der Waals surface area contributed by atoms with Gasteiger partial charge in [-0.25, -0.2) is 4.98 Å². The van der Waals surface area contributed by atoms with Crippen LogP contribution in [0.2, 0.25) is 0 Å². The van der Waals surface area contributed by atoms with Gasteiger partial charge in [-0.2, -0.15) is 0 Å². The lowest BCUT2D eigenvalue weighted by Gasteiger charge is -2.32. The summed E-state index contributed by atoms with van der Waals surface area (Å²) in [6.07, 6.45) is 3.89. The van der Waals surface area contributed by atoms with E-state index in [0.29, 0.717) is 5.25 Å². The summed E-state index contributed by atoms with van der Waals surface area (Å²) in [7, 11) is 3.72. The van der Waals surface area contributed by atoms with Crippen molar-refractivity contribution in [3.05, 3.63) is 41.3 Å². The minimum Gasteiger partial charge on any atom is -0.497 e. The largest absolute Gasteiger partial charge is 0.497 e. The highest BCUT2D eigenvalue weighted by atomic mass is 32.2. The molecule has 5 heteroatoms. The molecule has 0 aliphatic heterocycles. The molecule has 2 atom stereocenters. The summed E-state index contributed by atoms with van der Waals surface area (Å²) in [5, 5.41) is 4.61. The van der Waals surface area contributed by atoms with Crippen molar-refractivity contribution in [1.82, 2.24) is 10.3 Å². The Bertz CT molecular complexity index is 626. The Hall–Kier alpha value is -1.46. The summed E-state index contributed by atoms with van der Waals surface area (Å²) in [5.41, 5.74) is 3.65. The number of methoxy groups -OCH3 is 1. The third-order valence-corrected chi connectivity index (χ3v) is 5.12. The normalized spacial score (nSPS) is 21.1. The number of thioether (sulfide) groups is 1. The number of fused-ring (bicyclic) bond motifs is 1. The van der Waals surface area contributed by atoms with E-state index < -0.39 is 0 Å². The van der Waals surface area contributed by atoms with Gasteiger partial charge in [0.2, 0.25) is 0 Å². The number of aromatic nitrogens is 1. The molecular formula is C16H20N2O2S. The van der Waals surface area contributed by atoms with Crippen LogP contribution in [0.4, 0.5) is 0 Å². The molecule has 0 amide bonds. The van der Waals surface area contributed by atoms with Crippen LogP contribution in [0.1, 0.15) is 29.3 Å². The van der Waals surface area contributed by atoms with Crippen LogP contribution >= 0.6 is 11.8 Å². The van der Waals surface area contributed by atoms with E-state index in [2.05, 4.69) is 22.4 Å². The molecule has 21 heavy (non-hydrogen) atoms. The Morgan fingerprint density at radius 3 is 2.95 bits per heavy atom. The number of hydrogen-bond donors (Lipinski definition) is 1. The standard InChI is InChI=1S/C16H20N2O2S/c1-10-9-20-16(18-10)21-14-7-5-11-4-6-12(19-3)8-13(11)15(14)17-2/h4,6,8-9,14-15,17H,5,7H2,1-3H3. The summed E-state index contributed by atoms with van der Waals surface area (Å²) < 4.78 is 10.9. The molecule has 3 rings (SSSR count). The Morgan fingerprint density at radius 1 is 1.43 bits per heavy atom. The molecule has 1 heterocycles. The summed E-state index contributed by atoms with van der Waals surface area (Å²) in [6, 6.07) is 6.64. The second-order valence-corrected chi connectivity index (χ2v) is 6.47. The van der Waals surface area contributed by atoms with E-state index >= 15 is 0 Å². The van der Waals surface area contributed by atoms with Crippen molar-refractivity contribution in [2.75, 3.05) is 14.2 Å². The van der Waals surface area contributed by atoms with Crippen LogP contribution in [-0.2, 0) is 6.42 Å². The molecule has 0 bridgehead atoms. The Kier molecular flexibility index (Phi) is 4.22. The van der Waals surface area contributed by atoms with Crippen molar-refractivity contribution in [3.8, 4) is 5.75 Å². The molecule has 1 aromatic carbocycles. The molecule has 0 saturated carbocycles. The smallest absolute Gasteiger partial charge is 0.256 e. The number of benzene rings is 1. The van der Waals surface area contributed by atoms with E-state index in [4.69, 9.17) is 9.15 Å². The van der Waals surface area contributed by atoms with E-state index in [1.807, 2.05) is 20.0 Å². The van der Waals surface area contributed by atoms with E-state index in [9.17, 15) is 0 Å². The molecule has 112 valence electrons.